The van der Waals surface area contributed by atoms with Crippen molar-refractivity contribution in [3.8, 4) is 0 Å². The number of benzene rings is 1. The SMILES string of the molecule is O=C(CN1CCC(c2cccc(Nc3ccccn3)n2)CC1)Nc1ccccc1F. The molecule has 1 saturated heterocycles. The molecule has 6 nitrogen and oxygen atoms in total. The Kier molecular flexibility index (Phi) is 6.29. The standard InChI is InChI=1S/C23H24FN5O/c24-18-6-1-2-7-20(18)27-23(30)16-29-14-11-17(12-15-29)19-8-5-10-22(26-19)28-21-9-3-4-13-25-21/h1-10,13,17H,11-12,14-16H2,(H,27,30)(H,25,26,28). The van der Waals surface area contributed by atoms with E-state index in [0.29, 0.717) is 5.92 Å². The van der Waals surface area contributed by atoms with E-state index in [1.165, 1.54) is 6.07 Å². The summed E-state index contributed by atoms with van der Waals surface area (Å²) < 4.78 is 13.7. The Labute approximate surface area is 175 Å². The van der Waals surface area contributed by atoms with Crippen LogP contribution in [0.5, 0.6) is 0 Å². The van der Waals surface area contributed by atoms with Crippen molar-refractivity contribution < 1.29 is 9.18 Å². The summed E-state index contributed by atoms with van der Waals surface area (Å²) in [7, 11) is 0. The van der Waals surface area contributed by atoms with Crippen LogP contribution in [0.4, 0.5) is 21.7 Å². The molecular weight excluding hydrogens is 381 g/mol. The van der Waals surface area contributed by atoms with Crippen LogP contribution in [0, 0.1) is 5.82 Å². The van der Waals surface area contributed by atoms with Crippen LogP contribution >= 0.6 is 0 Å². The molecule has 1 fully saturated rings. The molecule has 0 spiro atoms. The summed E-state index contributed by atoms with van der Waals surface area (Å²) in [6, 6.07) is 17.9. The van der Waals surface area contributed by atoms with Crippen molar-refractivity contribution in [3.63, 3.8) is 0 Å². The number of amides is 1. The summed E-state index contributed by atoms with van der Waals surface area (Å²) in [5, 5.41) is 5.88. The van der Waals surface area contributed by atoms with Gasteiger partial charge in [-0.2, -0.15) is 0 Å². The maximum Gasteiger partial charge on any atom is 0.238 e. The van der Waals surface area contributed by atoms with Crippen LogP contribution in [0.15, 0.2) is 66.9 Å². The maximum atomic E-state index is 13.7. The molecule has 3 aromatic rings. The van der Waals surface area contributed by atoms with E-state index in [9.17, 15) is 9.18 Å². The van der Waals surface area contributed by atoms with Crippen molar-refractivity contribution in [2.75, 3.05) is 30.3 Å². The minimum absolute atomic E-state index is 0.196. The van der Waals surface area contributed by atoms with Gasteiger partial charge in [0.2, 0.25) is 5.91 Å². The zero-order valence-corrected chi connectivity index (χ0v) is 16.6. The molecule has 0 unspecified atom stereocenters. The third-order valence-corrected chi connectivity index (χ3v) is 5.21. The predicted molar refractivity (Wildman–Crippen MR) is 115 cm³/mol. The summed E-state index contributed by atoms with van der Waals surface area (Å²) in [6.07, 6.45) is 3.59. The Morgan fingerprint density at radius 1 is 1.00 bits per heavy atom. The first-order chi connectivity index (χ1) is 14.7. The number of nitrogens with zero attached hydrogens (tertiary/aromatic N) is 3. The second kappa shape index (κ2) is 9.45. The molecule has 2 N–H and O–H groups in total. The Morgan fingerprint density at radius 3 is 2.53 bits per heavy atom. The zero-order valence-electron chi connectivity index (χ0n) is 16.6. The van der Waals surface area contributed by atoms with Crippen LogP contribution in [0.25, 0.3) is 0 Å². The van der Waals surface area contributed by atoms with Crippen LogP contribution in [0.2, 0.25) is 0 Å². The van der Waals surface area contributed by atoms with Gasteiger partial charge in [0.05, 0.1) is 12.2 Å². The number of hydrogen-bond acceptors (Lipinski definition) is 5. The molecule has 1 amide bonds. The Balaban J connectivity index is 1.30. The highest BCUT2D eigenvalue weighted by Crippen LogP contribution is 2.28. The second-order valence-corrected chi connectivity index (χ2v) is 7.37. The van der Waals surface area contributed by atoms with Crippen molar-refractivity contribution in [2.45, 2.75) is 18.8 Å². The molecule has 0 radical (unpaired) electrons. The number of rotatable bonds is 6. The van der Waals surface area contributed by atoms with E-state index < -0.39 is 5.82 Å². The van der Waals surface area contributed by atoms with Crippen LogP contribution in [0.1, 0.15) is 24.5 Å². The minimum atomic E-state index is -0.421. The molecule has 2 aromatic heterocycles. The monoisotopic (exact) mass is 405 g/mol. The molecule has 7 heteroatoms. The number of halogens is 1. The number of piperidine rings is 1. The number of anilines is 3. The first-order valence-corrected chi connectivity index (χ1v) is 10.1. The molecule has 0 atom stereocenters. The van der Waals surface area contributed by atoms with E-state index in [0.717, 1.165) is 43.3 Å². The number of hydrogen-bond donors (Lipinski definition) is 2. The summed E-state index contributed by atoms with van der Waals surface area (Å²) in [5.41, 5.74) is 1.27. The van der Waals surface area contributed by atoms with Crippen LogP contribution < -0.4 is 10.6 Å². The molecule has 3 heterocycles. The molecule has 0 aliphatic carbocycles. The topological polar surface area (TPSA) is 70.2 Å². The first-order valence-electron chi connectivity index (χ1n) is 10.1. The zero-order chi connectivity index (χ0) is 20.8. The summed E-state index contributed by atoms with van der Waals surface area (Å²) >= 11 is 0. The van der Waals surface area contributed by atoms with E-state index in [1.807, 2.05) is 30.3 Å². The van der Waals surface area contributed by atoms with Crippen molar-refractivity contribution in [3.05, 3.63) is 78.4 Å². The van der Waals surface area contributed by atoms with Gasteiger partial charge in [-0.3, -0.25) is 9.69 Å². The molecule has 0 bridgehead atoms. The fraction of sp³-hybridized carbons (Fsp3) is 0.261. The van der Waals surface area contributed by atoms with Gasteiger partial charge >= 0.3 is 0 Å². The lowest BCUT2D eigenvalue weighted by Crippen LogP contribution is -2.39. The fourth-order valence-electron chi connectivity index (χ4n) is 3.66. The van der Waals surface area contributed by atoms with Gasteiger partial charge in [-0.1, -0.05) is 24.3 Å². The van der Waals surface area contributed by atoms with Crippen molar-refractivity contribution in [2.24, 2.45) is 0 Å². The highest BCUT2D eigenvalue weighted by atomic mass is 19.1. The van der Waals surface area contributed by atoms with E-state index in [4.69, 9.17) is 4.98 Å². The second-order valence-electron chi connectivity index (χ2n) is 7.37. The van der Waals surface area contributed by atoms with Crippen molar-refractivity contribution >= 4 is 23.2 Å². The van der Waals surface area contributed by atoms with Gasteiger partial charge in [0.1, 0.15) is 17.5 Å². The number of likely N-dealkylation sites (tertiary alicyclic amines) is 1. The summed E-state index contributed by atoms with van der Waals surface area (Å²) in [4.78, 5) is 23.4. The Morgan fingerprint density at radius 2 is 1.77 bits per heavy atom. The van der Waals surface area contributed by atoms with Crippen LogP contribution in [0.3, 0.4) is 0 Å². The van der Waals surface area contributed by atoms with Crippen LogP contribution in [-0.2, 0) is 4.79 Å². The van der Waals surface area contributed by atoms with Gasteiger partial charge < -0.3 is 10.6 Å². The minimum Gasteiger partial charge on any atom is -0.325 e. The smallest absolute Gasteiger partial charge is 0.238 e. The summed E-state index contributed by atoms with van der Waals surface area (Å²) in [6.45, 7) is 1.86. The first kappa shape index (κ1) is 20.0. The highest BCUT2D eigenvalue weighted by Gasteiger charge is 2.23. The molecule has 30 heavy (non-hydrogen) atoms. The number of carbonyl (C=O) groups excluding carboxylic acids is 1. The average Bonchev–Trinajstić information content (AvgIpc) is 2.77. The van der Waals surface area contributed by atoms with E-state index in [2.05, 4.69) is 26.6 Å². The van der Waals surface area contributed by atoms with Gasteiger partial charge in [0.15, 0.2) is 0 Å². The normalized spacial score (nSPS) is 15.0. The number of aromatic nitrogens is 2. The quantitative estimate of drug-likeness (QED) is 0.644. The number of nitrogens with one attached hydrogen (secondary N) is 2. The number of para-hydroxylation sites is 1. The molecule has 0 saturated carbocycles. The molecule has 1 aliphatic rings. The Bertz CT molecular complexity index is 990. The maximum absolute atomic E-state index is 13.7. The van der Waals surface area contributed by atoms with E-state index in [-0.39, 0.29) is 18.1 Å². The molecule has 1 aromatic carbocycles. The highest BCUT2D eigenvalue weighted by molar-refractivity contribution is 5.92. The summed E-state index contributed by atoms with van der Waals surface area (Å²) in [5.74, 6) is 1.27. The van der Waals surface area contributed by atoms with Gasteiger partial charge in [0.25, 0.3) is 0 Å². The third kappa shape index (κ3) is 5.18. The van der Waals surface area contributed by atoms with Gasteiger partial charge in [0, 0.05) is 17.8 Å². The van der Waals surface area contributed by atoms with Crippen LogP contribution in [-0.4, -0.2) is 40.4 Å². The van der Waals surface area contributed by atoms with E-state index >= 15 is 0 Å². The number of carbonyl (C=O) groups is 1. The molecule has 4 rings (SSSR count). The Hall–Kier alpha value is -3.32. The van der Waals surface area contributed by atoms with E-state index in [1.54, 1.807) is 24.4 Å². The molecular formula is C23H24FN5O. The van der Waals surface area contributed by atoms with Crippen molar-refractivity contribution in [1.29, 1.82) is 0 Å². The van der Waals surface area contributed by atoms with Gasteiger partial charge in [-0.05, 0) is 62.3 Å². The lowest BCUT2D eigenvalue weighted by Gasteiger charge is -2.31. The fourth-order valence-corrected chi connectivity index (χ4v) is 3.66. The number of pyridine rings is 2. The third-order valence-electron chi connectivity index (χ3n) is 5.21. The largest absolute Gasteiger partial charge is 0.325 e. The predicted octanol–water partition coefficient (Wildman–Crippen LogP) is 4.18. The lowest BCUT2D eigenvalue weighted by molar-refractivity contribution is -0.117. The van der Waals surface area contributed by atoms with Gasteiger partial charge in [-0.15, -0.1) is 0 Å². The molecule has 154 valence electrons. The average molecular weight is 405 g/mol. The van der Waals surface area contributed by atoms with Gasteiger partial charge in [-0.25, -0.2) is 14.4 Å². The van der Waals surface area contributed by atoms with Crippen molar-refractivity contribution in [1.82, 2.24) is 14.9 Å². The molecule has 1 aliphatic heterocycles. The lowest BCUT2D eigenvalue weighted by atomic mass is 9.93.